The second-order valence-corrected chi connectivity index (χ2v) is 4.73. The van der Waals surface area contributed by atoms with Gasteiger partial charge in [-0.2, -0.15) is 0 Å². The summed E-state index contributed by atoms with van der Waals surface area (Å²) in [4.78, 5) is 13.5. The molecule has 0 aliphatic rings. The first kappa shape index (κ1) is 16.3. The van der Waals surface area contributed by atoms with Crippen LogP contribution >= 0.6 is 12.2 Å². The van der Waals surface area contributed by atoms with Crippen molar-refractivity contribution in [2.24, 2.45) is 5.73 Å². The lowest BCUT2D eigenvalue weighted by molar-refractivity contribution is -0.130. The maximum Gasteiger partial charge on any atom is 0.225 e. The first-order valence-electron chi connectivity index (χ1n) is 6.00. The molecule has 0 aliphatic carbocycles. The number of hydrogen-bond acceptors (Lipinski definition) is 3. The van der Waals surface area contributed by atoms with E-state index in [1.807, 2.05) is 0 Å². The fourth-order valence-corrected chi connectivity index (χ4v) is 1.53. The summed E-state index contributed by atoms with van der Waals surface area (Å²) in [7, 11) is 1.62. The van der Waals surface area contributed by atoms with Crippen LogP contribution in [0.3, 0.4) is 0 Å². The lowest BCUT2D eigenvalue weighted by Gasteiger charge is -2.16. The van der Waals surface area contributed by atoms with Gasteiger partial charge in [0.05, 0.1) is 18.0 Å². The maximum absolute atomic E-state index is 13.3. The Hall–Kier alpha value is -1.76. The van der Waals surface area contributed by atoms with Crippen molar-refractivity contribution < 1.29 is 18.3 Å². The smallest absolute Gasteiger partial charge is 0.225 e. The first-order valence-corrected chi connectivity index (χ1v) is 6.41. The van der Waals surface area contributed by atoms with Gasteiger partial charge >= 0.3 is 0 Å². The normalized spacial score (nSPS) is 10.2. The molecule has 1 aromatic rings. The molecule has 7 heteroatoms. The molecule has 0 fully saturated rings. The van der Waals surface area contributed by atoms with Crippen LogP contribution in [0.2, 0.25) is 0 Å². The van der Waals surface area contributed by atoms with Crippen molar-refractivity contribution in [2.45, 2.75) is 12.8 Å². The molecule has 110 valence electrons. The van der Waals surface area contributed by atoms with Crippen LogP contribution in [0, 0.1) is 11.6 Å². The average Bonchev–Trinajstić information content (AvgIpc) is 2.38. The van der Waals surface area contributed by atoms with Crippen molar-refractivity contribution in [1.82, 2.24) is 4.90 Å². The number of nitrogens with two attached hydrogens (primary N) is 1. The number of thiocarbonyl (C=S) groups is 1. The minimum atomic E-state index is -0.792. The summed E-state index contributed by atoms with van der Waals surface area (Å²) in [6.45, 7) is 0.442. The van der Waals surface area contributed by atoms with Crippen LogP contribution in [0.5, 0.6) is 5.75 Å². The van der Waals surface area contributed by atoms with Gasteiger partial charge in [-0.1, -0.05) is 12.2 Å². The SMILES string of the molecule is CN(CCC(N)=S)C(=O)CCOc1ccc(F)cc1F. The number of hydrogen-bond donors (Lipinski definition) is 1. The molecule has 0 unspecified atom stereocenters. The number of nitrogens with zero attached hydrogens (tertiary/aromatic N) is 1. The van der Waals surface area contributed by atoms with E-state index in [4.69, 9.17) is 22.7 Å². The van der Waals surface area contributed by atoms with Gasteiger partial charge in [0.2, 0.25) is 5.91 Å². The van der Waals surface area contributed by atoms with E-state index < -0.39 is 11.6 Å². The van der Waals surface area contributed by atoms with Crippen molar-refractivity contribution in [2.75, 3.05) is 20.2 Å². The van der Waals surface area contributed by atoms with Crippen molar-refractivity contribution in [3.8, 4) is 5.75 Å². The molecule has 1 aromatic carbocycles. The lowest BCUT2D eigenvalue weighted by Crippen LogP contribution is -2.30. The maximum atomic E-state index is 13.3. The van der Waals surface area contributed by atoms with Gasteiger partial charge < -0.3 is 15.4 Å². The molecule has 0 bridgehead atoms. The molecule has 1 amide bonds. The number of carbonyl (C=O) groups is 1. The molecule has 4 nitrogen and oxygen atoms in total. The van der Waals surface area contributed by atoms with Gasteiger partial charge in [0.1, 0.15) is 5.82 Å². The van der Waals surface area contributed by atoms with E-state index in [0.717, 1.165) is 12.1 Å². The largest absolute Gasteiger partial charge is 0.490 e. The van der Waals surface area contributed by atoms with Crippen LogP contribution in [-0.2, 0) is 4.79 Å². The summed E-state index contributed by atoms with van der Waals surface area (Å²) in [5.41, 5.74) is 5.34. The quantitative estimate of drug-likeness (QED) is 0.781. The standard InChI is InChI=1S/C13H16F2N2O2S/c1-17(6-4-12(16)20)13(18)5-7-19-11-3-2-9(14)8-10(11)15/h2-3,8H,4-7H2,1H3,(H2,16,20). The number of rotatable bonds is 7. The van der Waals surface area contributed by atoms with E-state index >= 15 is 0 Å². The van der Waals surface area contributed by atoms with Gasteiger partial charge in [0, 0.05) is 26.1 Å². The highest BCUT2D eigenvalue weighted by molar-refractivity contribution is 7.80. The van der Waals surface area contributed by atoms with Crippen molar-refractivity contribution in [3.63, 3.8) is 0 Å². The van der Waals surface area contributed by atoms with Crippen LogP contribution in [0.25, 0.3) is 0 Å². The Kier molecular flexibility index (Phi) is 6.30. The van der Waals surface area contributed by atoms with Gasteiger partial charge in [-0.05, 0) is 12.1 Å². The zero-order chi connectivity index (χ0) is 15.1. The highest BCUT2D eigenvalue weighted by atomic mass is 32.1. The minimum absolute atomic E-state index is 0.0127. The summed E-state index contributed by atoms with van der Waals surface area (Å²) in [5.74, 6) is -1.71. The number of carbonyl (C=O) groups excluding carboxylic acids is 1. The topological polar surface area (TPSA) is 55.6 Å². The lowest BCUT2D eigenvalue weighted by atomic mass is 10.3. The molecular formula is C13H16F2N2O2S. The second-order valence-electron chi connectivity index (χ2n) is 4.20. The van der Waals surface area contributed by atoms with E-state index in [1.165, 1.54) is 11.0 Å². The van der Waals surface area contributed by atoms with E-state index in [9.17, 15) is 13.6 Å². The van der Waals surface area contributed by atoms with Gasteiger partial charge in [-0.15, -0.1) is 0 Å². The fraction of sp³-hybridized carbons (Fsp3) is 0.385. The molecule has 0 atom stereocenters. The van der Waals surface area contributed by atoms with Crippen LogP contribution in [0.15, 0.2) is 18.2 Å². The zero-order valence-electron chi connectivity index (χ0n) is 11.1. The number of amides is 1. The van der Waals surface area contributed by atoms with Crippen LogP contribution < -0.4 is 10.5 Å². The summed E-state index contributed by atoms with van der Waals surface area (Å²) >= 11 is 4.72. The minimum Gasteiger partial charge on any atom is -0.490 e. The Morgan fingerprint density at radius 2 is 2.10 bits per heavy atom. The van der Waals surface area contributed by atoms with Crippen LogP contribution in [0.4, 0.5) is 8.78 Å². The van der Waals surface area contributed by atoms with Gasteiger partial charge in [0.25, 0.3) is 0 Å². The molecule has 2 N–H and O–H groups in total. The molecule has 0 aromatic heterocycles. The van der Waals surface area contributed by atoms with Crippen molar-refractivity contribution >= 4 is 23.1 Å². The third-order valence-electron chi connectivity index (χ3n) is 2.59. The third kappa shape index (κ3) is 5.48. The second kappa shape index (κ2) is 7.74. The predicted octanol–water partition coefficient (Wildman–Crippen LogP) is 1.87. The summed E-state index contributed by atoms with van der Waals surface area (Å²) < 4.78 is 31.0. The number of benzene rings is 1. The van der Waals surface area contributed by atoms with Gasteiger partial charge in [-0.25, -0.2) is 8.78 Å². The Balaban J connectivity index is 2.36. The van der Waals surface area contributed by atoms with Crippen LogP contribution in [0.1, 0.15) is 12.8 Å². The molecule has 20 heavy (non-hydrogen) atoms. The Bertz CT molecular complexity index is 497. The molecule has 0 aliphatic heterocycles. The molecular weight excluding hydrogens is 286 g/mol. The zero-order valence-corrected chi connectivity index (χ0v) is 11.9. The highest BCUT2D eigenvalue weighted by Crippen LogP contribution is 2.17. The molecule has 0 spiro atoms. The molecule has 0 saturated heterocycles. The monoisotopic (exact) mass is 302 g/mol. The molecule has 0 saturated carbocycles. The predicted molar refractivity (Wildman–Crippen MR) is 75.5 cm³/mol. The van der Waals surface area contributed by atoms with E-state index in [1.54, 1.807) is 7.05 Å². The fourth-order valence-electron chi connectivity index (χ4n) is 1.43. The van der Waals surface area contributed by atoms with Gasteiger partial charge in [0.15, 0.2) is 11.6 Å². The summed E-state index contributed by atoms with van der Waals surface area (Å²) in [6, 6.07) is 3.01. The van der Waals surface area contributed by atoms with Crippen molar-refractivity contribution in [1.29, 1.82) is 0 Å². The average molecular weight is 302 g/mol. The van der Waals surface area contributed by atoms with E-state index in [-0.39, 0.29) is 24.7 Å². The van der Waals surface area contributed by atoms with Crippen molar-refractivity contribution in [3.05, 3.63) is 29.8 Å². The number of ether oxygens (including phenoxy) is 1. The van der Waals surface area contributed by atoms with E-state index in [0.29, 0.717) is 18.0 Å². The Labute approximate surface area is 121 Å². The molecule has 1 rings (SSSR count). The number of halogens is 2. The first-order chi connectivity index (χ1) is 9.40. The summed E-state index contributed by atoms with van der Waals surface area (Å²) in [5, 5.41) is 0. The summed E-state index contributed by atoms with van der Waals surface area (Å²) in [6.07, 6.45) is 0.537. The van der Waals surface area contributed by atoms with E-state index in [2.05, 4.69) is 0 Å². The molecule has 0 radical (unpaired) electrons. The Morgan fingerprint density at radius 3 is 2.70 bits per heavy atom. The van der Waals surface area contributed by atoms with Gasteiger partial charge in [-0.3, -0.25) is 4.79 Å². The molecule has 0 heterocycles. The third-order valence-corrected chi connectivity index (χ3v) is 2.79. The van der Waals surface area contributed by atoms with Crippen LogP contribution in [-0.4, -0.2) is 36.0 Å². The Morgan fingerprint density at radius 1 is 1.40 bits per heavy atom. The highest BCUT2D eigenvalue weighted by Gasteiger charge is 2.10.